The molecule has 2 aliphatic rings. The third-order valence-corrected chi connectivity index (χ3v) is 9.02. The molecule has 0 radical (unpaired) electrons. The fourth-order valence-electron chi connectivity index (χ4n) is 5.82. The number of fused-ring (bicyclic) bond motifs is 1. The van der Waals surface area contributed by atoms with Crippen LogP contribution in [0.1, 0.15) is 52.5 Å². The Morgan fingerprint density at radius 1 is 1.09 bits per heavy atom. The number of nitrogens with two attached hydrogens (primary N) is 1. The molecular weight excluding hydrogens is 643 g/mol. The van der Waals surface area contributed by atoms with Gasteiger partial charge in [-0.1, -0.05) is 41.1 Å². The van der Waals surface area contributed by atoms with Crippen molar-refractivity contribution in [2.75, 3.05) is 46.0 Å². The first-order chi connectivity index (χ1) is 22.7. The Morgan fingerprint density at radius 3 is 2.66 bits per heavy atom. The SMILES string of the molecule is C[C@H]1COCCN1CCCn1nc(-c2ccc(Cl)c(C#Cc3ccc(Cl)c(C(=O)NCCCO)c3)c2)c2c1CCN(C(=O)C(N)=O)C2. The number of halogens is 2. The maximum atomic E-state index is 12.6. The number of aromatic nitrogens is 2. The van der Waals surface area contributed by atoms with Crippen LogP contribution in [0.5, 0.6) is 0 Å². The standard InChI is InChI=1S/C34H38Cl2N6O5/c1-22-21-47-17-15-40(22)12-3-13-42-30-10-14-41(34(46)32(37)44)20-27(30)31(39-42)25-7-9-28(35)24(19-25)6-4-23-5-8-29(36)26(18-23)33(45)38-11-2-16-43/h5,7-9,18-19,22,43H,2-3,10-17,20-21H2,1H3,(H2,37,44)(H,38,45)/t22-/m0/s1. The molecule has 47 heavy (non-hydrogen) atoms. The van der Waals surface area contributed by atoms with E-state index >= 15 is 0 Å². The minimum absolute atomic E-state index is 0.0274. The molecule has 5 rings (SSSR count). The van der Waals surface area contributed by atoms with E-state index in [4.69, 9.17) is 43.9 Å². The summed E-state index contributed by atoms with van der Waals surface area (Å²) in [5.74, 6) is 4.14. The summed E-state index contributed by atoms with van der Waals surface area (Å²) >= 11 is 12.9. The van der Waals surface area contributed by atoms with Gasteiger partial charge in [-0.2, -0.15) is 5.10 Å². The molecule has 3 heterocycles. The summed E-state index contributed by atoms with van der Waals surface area (Å²) in [6.45, 7) is 7.03. The number of rotatable bonds is 9. The Bertz CT molecular complexity index is 1710. The molecule has 13 heteroatoms. The number of hydrogen-bond acceptors (Lipinski definition) is 7. The van der Waals surface area contributed by atoms with Gasteiger partial charge >= 0.3 is 11.8 Å². The molecule has 0 bridgehead atoms. The van der Waals surface area contributed by atoms with Crippen molar-refractivity contribution in [3.8, 4) is 23.1 Å². The number of carbonyl (C=O) groups excluding carboxylic acids is 3. The van der Waals surface area contributed by atoms with Crippen LogP contribution in [0.4, 0.5) is 0 Å². The van der Waals surface area contributed by atoms with E-state index in [1.54, 1.807) is 24.3 Å². The normalized spacial score (nSPS) is 16.3. The predicted octanol–water partition coefficient (Wildman–Crippen LogP) is 2.85. The number of ether oxygens (including phenoxy) is 1. The molecule has 3 amide bonds. The first-order valence-electron chi connectivity index (χ1n) is 15.7. The highest BCUT2D eigenvalue weighted by Crippen LogP contribution is 2.32. The molecule has 1 aromatic heterocycles. The van der Waals surface area contributed by atoms with Gasteiger partial charge in [-0.25, -0.2) is 0 Å². The second kappa shape index (κ2) is 15.8. The van der Waals surface area contributed by atoms with Crippen molar-refractivity contribution in [1.29, 1.82) is 0 Å². The van der Waals surface area contributed by atoms with Gasteiger partial charge in [0.15, 0.2) is 0 Å². The summed E-state index contributed by atoms with van der Waals surface area (Å²) in [7, 11) is 0. The monoisotopic (exact) mass is 680 g/mol. The third-order valence-electron chi connectivity index (χ3n) is 8.37. The summed E-state index contributed by atoms with van der Waals surface area (Å²) < 4.78 is 7.59. The van der Waals surface area contributed by atoms with Crippen molar-refractivity contribution in [1.82, 2.24) is 24.9 Å². The van der Waals surface area contributed by atoms with Gasteiger partial charge in [-0.15, -0.1) is 0 Å². The summed E-state index contributed by atoms with van der Waals surface area (Å²) in [6, 6.07) is 10.8. The van der Waals surface area contributed by atoms with Crippen molar-refractivity contribution >= 4 is 40.9 Å². The summed E-state index contributed by atoms with van der Waals surface area (Å²) in [5, 5.41) is 17.5. The number of aliphatic hydroxyl groups is 1. The van der Waals surface area contributed by atoms with Gasteiger partial charge in [0.1, 0.15) is 0 Å². The van der Waals surface area contributed by atoms with Crippen LogP contribution in [-0.4, -0.2) is 94.4 Å². The van der Waals surface area contributed by atoms with Crippen LogP contribution in [0.2, 0.25) is 10.0 Å². The van der Waals surface area contributed by atoms with Gasteiger partial charge in [0.25, 0.3) is 5.91 Å². The molecular formula is C34H38Cl2N6O5. The van der Waals surface area contributed by atoms with E-state index < -0.39 is 11.8 Å². The van der Waals surface area contributed by atoms with Crippen LogP contribution in [-0.2, 0) is 33.8 Å². The predicted molar refractivity (Wildman–Crippen MR) is 179 cm³/mol. The quantitative estimate of drug-likeness (QED) is 0.179. The lowest BCUT2D eigenvalue weighted by Crippen LogP contribution is -2.44. The number of primary amides is 1. The zero-order valence-corrected chi connectivity index (χ0v) is 27.7. The lowest BCUT2D eigenvalue weighted by atomic mass is 9.99. The second-order valence-corrected chi connectivity index (χ2v) is 12.4. The van der Waals surface area contributed by atoms with E-state index in [2.05, 4.69) is 29.0 Å². The van der Waals surface area contributed by atoms with Crippen LogP contribution >= 0.6 is 23.2 Å². The molecule has 1 saturated heterocycles. The highest BCUT2D eigenvalue weighted by atomic mass is 35.5. The molecule has 11 nitrogen and oxygen atoms in total. The van der Waals surface area contributed by atoms with Crippen LogP contribution in [0.3, 0.4) is 0 Å². The van der Waals surface area contributed by atoms with Crippen molar-refractivity contribution in [2.45, 2.75) is 45.3 Å². The van der Waals surface area contributed by atoms with Crippen LogP contribution in [0.15, 0.2) is 36.4 Å². The fourth-order valence-corrected chi connectivity index (χ4v) is 6.18. The van der Waals surface area contributed by atoms with E-state index in [1.807, 2.05) is 16.8 Å². The Hall–Kier alpha value is -3.92. The molecule has 0 saturated carbocycles. The average molecular weight is 682 g/mol. The van der Waals surface area contributed by atoms with Gasteiger partial charge in [-0.05, 0) is 50.1 Å². The highest BCUT2D eigenvalue weighted by Gasteiger charge is 2.30. The van der Waals surface area contributed by atoms with Gasteiger partial charge < -0.3 is 25.8 Å². The Morgan fingerprint density at radius 2 is 1.89 bits per heavy atom. The first-order valence-corrected chi connectivity index (χ1v) is 16.4. The summed E-state index contributed by atoms with van der Waals surface area (Å²) in [6.07, 6.45) is 1.87. The van der Waals surface area contributed by atoms with E-state index in [-0.39, 0.29) is 24.6 Å². The van der Waals surface area contributed by atoms with Crippen LogP contribution in [0.25, 0.3) is 11.3 Å². The van der Waals surface area contributed by atoms with Gasteiger partial charge in [0.05, 0.1) is 41.1 Å². The smallest absolute Gasteiger partial charge is 0.311 e. The maximum absolute atomic E-state index is 12.6. The van der Waals surface area contributed by atoms with E-state index in [1.165, 1.54) is 4.90 Å². The van der Waals surface area contributed by atoms with E-state index in [9.17, 15) is 14.4 Å². The van der Waals surface area contributed by atoms with Crippen LogP contribution < -0.4 is 11.1 Å². The molecule has 0 spiro atoms. The maximum Gasteiger partial charge on any atom is 0.311 e. The van der Waals surface area contributed by atoms with Gasteiger partial charge in [0.2, 0.25) is 0 Å². The summed E-state index contributed by atoms with van der Waals surface area (Å²) in [4.78, 5) is 40.7. The lowest BCUT2D eigenvalue weighted by Gasteiger charge is -2.33. The number of hydrogen-bond donors (Lipinski definition) is 3. The van der Waals surface area contributed by atoms with Crippen LogP contribution in [0, 0.1) is 11.8 Å². The highest BCUT2D eigenvalue weighted by molar-refractivity contribution is 6.34. The second-order valence-electron chi connectivity index (χ2n) is 11.6. The molecule has 248 valence electrons. The molecule has 4 N–H and O–H groups in total. The first kappa shape index (κ1) is 34.4. The minimum Gasteiger partial charge on any atom is -0.396 e. The number of nitrogens with one attached hydrogen (secondary N) is 1. The van der Waals surface area contributed by atoms with Crippen molar-refractivity contribution in [3.63, 3.8) is 0 Å². The Balaban J connectivity index is 1.43. The Labute approximate surface area is 283 Å². The fraction of sp³-hybridized carbons (Fsp3) is 0.412. The van der Waals surface area contributed by atoms with E-state index in [0.717, 1.165) is 49.5 Å². The number of carbonyl (C=O) groups is 3. The number of morpholine rings is 1. The van der Waals surface area contributed by atoms with Crippen molar-refractivity contribution in [3.05, 3.63) is 74.4 Å². The van der Waals surface area contributed by atoms with E-state index in [0.29, 0.717) is 65.4 Å². The zero-order chi connectivity index (χ0) is 33.5. The molecule has 2 aromatic carbocycles. The molecule has 1 fully saturated rings. The Kier molecular flexibility index (Phi) is 11.6. The van der Waals surface area contributed by atoms with Crippen molar-refractivity contribution in [2.24, 2.45) is 5.73 Å². The summed E-state index contributed by atoms with van der Waals surface area (Å²) in [5.41, 5.74) is 10.1. The molecule has 0 unspecified atom stereocenters. The number of aliphatic hydroxyl groups excluding tert-OH is 1. The topological polar surface area (TPSA) is 143 Å². The van der Waals surface area contributed by atoms with Gasteiger partial charge in [-0.3, -0.25) is 24.0 Å². The average Bonchev–Trinajstić information content (AvgIpc) is 3.43. The number of aryl methyl sites for hydroxylation is 1. The third kappa shape index (κ3) is 8.33. The number of amides is 3. The lowest BCUT2D eigenvalue weighted by molar-refractivity contribution is -0.144. The zero-order valence-electron chi connectivity index (χ0n) is 26.2. The van der Waals surface area contributed by atoms with Gasteiger partial charge in [0, 0.05) is 79.7 Å². The molecule has 2 aliphatic heterocycles. The van der Waals surface area contributed by atoms with Crippen molar-refractivity contribution < 1.29 is 24.2 Å². The minimum atomic E-state index is -0.987. The molecule has 0 aliphatic carbocycles. The number of benzene rings is 2. The largest absolute Gasteiger partial charge is 0.396 e. The molecule has 3 aromatic rings. The number of nitrogens with zero attached hydrogens (tertiary/aromatic N) is 4. The molecule has 1 atom stereocenters.